The molecule has 1 aliphatic carbocycles. The van der Waals surface area contributed by atoms with E-state index in [0.29, 0.717) is 24.1 Å². The van der Waals surface area contributed by atoms with Crippen LogP contribution in [0, 0.1) is 5.82 Å². The number of benzene rings is 1. The Bertz CT molecular complexity index is 421. The summed E-state index contributed by atoms with van der Waals surface area (Å²) >= 11 is 0. The van der Waals surface area contributed by atoms with Crippen molar-refractivity contribution in [2.24, 2.45) is 10.7 Å². The van der Waals surface area contributed by atoms with Gasteiger partial charge in [-0.15, -0.1) is 24.0 Å². The number of guanidine groups is 1. The molecule has 1 aromatic rings. The first-order valence-electron chi connectivity index (χ1n) is 5.19. The summed E-state index contributed by atoms with van der Waals surface area (Å²) in [6, 6.07) is 4.64. The summed E-state index contributed by atoms with van der Waals surface area (Å²) in [7, 11) is 0. The number of nitrogens with zero attached hydrogens (tertiary/aromatic N) is 1. The highest BCUT2D eigenvalue weighted by molar-refractivity contribution is 14.0. The number of nitrogens with two attached hydrogens (primary N) is 1. The summed E-state index contributed by atoms with van der Waals surface area (Å²) in [6.07, 6.45) is 2.26. The molecule has 4 nitrogen and oxygen atoms in total. The van der Waals surface area contributed by atoms with Gasteiger partial charge in [0.2, 0.25) is 0 Å². The Morgan fingerprint density at radius 1 is 1.53 bits per heavy atom. The van der Waals surface area contributed by atoms with Gasteiger partial charge in [-0.1, -0.05) is 6.07 Å². The minimum atomic E-state index is -0.638. The van der Waals surface area contributed by atoms with Crippen molar-refractivity contribution >= 4 is 29.9 Å². The minimum absolute atomic E-state index is 0. The largest absolute Gasteiger partial charge is 0.505 e. The fourth-order valence-corrected chi connectivity index (χ4v) is 1.31. The summed E-state index contributed by atoms with van der Waals surface area (Å²) in [4.78, 5) is 4.08. The molecule has 1 aliphatic rings. The van der Waals surface area contributed by atoms with E-state index in [0.717, 1.165) is 12.8 Å². The standard InChI is InChI=1S/C11H14FN3O.HI/c12-9-5-7(1-4-10(9)16)6-14-11(13)15-8-2-3-8;/h1,4-5,8,16H,2-3,6H2,(H3,13,14,15);1H. The molecule has 0 atom stereocenters. The highest BCUT2D eigenvalue weighted by Crippen LogP contribution is 2.18. The molecule has 0 amide bonds. The van der Waals surface area contributed by atoms with Crippen molar-refractivity contribution < 1.29 is 9.50 Å². The van der Waals surface area contributed by atoms with Crippen LogP contribution in [0.25, 0.3) is 0 Å². The lowest BCUT2D eigenvalue weighted by Gasteiger charge is -2.03. The zero-order valence-electron chi connectivity index (χ0n) is 9.19. The fourth-order valence-electron chi connectivity index (χ4n) is 1.31. The summed E-state index contributed by atoms with van der Waals surface area (Å²) in [5.74, 6) is -0.603. The molecule has 1 aromatic carbocycles. The maximum absolute atomic E-state index is 13.0. The Hall–Kier alpha value is -1.05. The van der Waals surface area contributed by atoms with E-state index in [9.17, 15) is 4.39 Å². The highest BCUT2D eigenvalue weighted by Gasteiger charge is 2.21. The van der Waals surface area contributed by atoms with E-state index in [1.807, 2.05) is 0 Å². The van der Waals surface area contributed by atoms with Gasteiger partial charge in [-0.25, -0.2) is 9.38 Å². The number of aliphatic imine (C=N–C) groups is 1. The Morgan fingerprint density at radius 2 is 2.24 bits per heavy atom. The minimum Gasteiger partial charge on any atom is -0.505 e. The second kappa shape index (κ2) is 6.04. The van der Waals surface area contributed by atoms with Crippen molar-refractivity contribution in [1.29, 1.82) is 0 Å². The number of hydrogen-bond donors (Lipinski definition) is 3. The summed E-state index contributed by atoms with van der Waals surface area (Å²) < 4.78 is 13.0. The van der Waals surface area contributed by atoms with Crippen LogP contribution >= 0.6 is 24.0 Å². The van der Waals surface area contributed by atoms with Gasteiger partial charge >= 0.3 is 0 Å². The van der Waals surface area contributed by atoms with Crippen LogP contribution in [0.5, 0.6) is 5.75 Å². The first-order valence-corrected chi connectivity index (χ1v) is 5.19. The third-order valence-electron chi connectivity index (χ3n) is 2.37. The molecule has 6 heteroatoms. The van der Waals surface area contributed by atoms with Gasteiger partial charge < -0.3 is 16.2 Å². The third-order valence-corrected chi connectivity index (χ3v) is 2.37. The van der Waals surface area contributed by atoms with Crippen LogP contribution in [0.2, 0.25) is 0 Å². The quantitative estimate of drug-likeness (QED) is 0.441. The SMILES string of the molecule is I.NC(=NCc1ccc(O)c(F)c1)NC1CC1. The van der Waals surface area contributed by atoms with Crippen molar-refractivity contribution in [1.82, 2.24) is 5.32 Å². The predicted molar refractivity (Wildman–Crippen MR) is 75.0 cm³/mol. The maximum Gasteiger partial charge on any atom is 0.189 e. The Kier molecular flexibility index (Phi) is 4.98. The average Bonchev–Trinajstić information content (AvgIpc) is 3.04. The van der Waals surface area contributed by atoms with Gasteiger partial charge in [0.1, 0.15) is 0 Å². The highest BCUT2D eigenvalue weighted by atomic mass is 127. The number of nitrogens with one attached hydrogen (secondary N) is 1. The summed E-state index contributed by atoms with van der Waals surface area (Å²) in [6.45, 7) is 0.308. The molecule has 0 aliphatic heterocycles. The number of rotatable bonds is 3. The zero-order valence-corrected chi connectivity index (χ0v) is 11.5. The van der Waals surface area contributed by atoms with Gasteiger partial charge in [-0.05, 0) is 30.5 Å². The predicted octanol–water partition coefficient (Wildman–Crippen LogP) is 1.72. The molecule has 0 radical (unpaired) electrons. The first kappa shape index (κ1) is 14.0. The molecule has 0 spiro atoms. The second-order valence-electron chi connectivity index (χ2n) is 3.91. The van der Waals surface area contributed by atoms with Gasteiger partial charge in [-0.3, -0.25) is 0 Å². The van der Waals surface area contributed by atoms with Crippen molar-refractivity contribution in [3.63, 3.8) is 0 Å². The number of halogens is 2. The molecule has 1 fully saturated rings. The molecule has 17 heavy (non-hydrogen) atoms. The molecule has 0 bridgehead atoms. The third kappa shape index (κ3) is 4.37. The van der Waals surface area contributed by atoms with E-state index in [2.05, 4.69) is 10.3 Å². The topological polar surface area (TPSA) is 70.6 Å². The van der Waals surface area contributed by atoms with Crippen LogP contribution in [0.3, 0.4) is 0 Å². The number of aromatic hydroxyl groups is 1. The number of hydrogen-bond acceptors (Lipinski definition) is 2. The monoisotopic (exact) mass is 351 g/mol. The smallest absolute Gasteiger partial charge is 0.189 e. The molecule has 0 heterocycles. The van der Waals surface area contributed by atoms with Crippen LogP contribution in [0.4, 0.5) is 4.39 Å². The average molecular weight is 351 g/mol. The summed E-state index contributed by atoms with van der Waals surface area (Å²) in [5, 5.41) is 12.0. The van der Waals surface area contributed by atoms with Gasteiger partial charge in [0.25, 0.3) is 0 Å². The van der Waals surface area contributed by atoms with Crippen molar-refractivity contribution in [2.45, 2.75) is 25.4 Å². The van der Waals surface area contributed by atoms with Gasteiger partial charge in [0.05, 0.1) is 6.54 Å². The molecule has 0 unspecified atom stereocenters. The molecule has 94 valence electrons. The first-order chi connectivity index (χ1) is 7.65. The van der Waals surface area contributed by atoms with Crippen LogP contribution in [0.15, 0.2) is 23.2 Å². The molecule has 2 rings (SSSR count). The van der Waals surface area contributed by atoms with E-state index < -0.39 is 5.82 Å². The van der Waals surface area contributed by atoms with Gasteiger partial charge in [0, 0.05) is 6.04 Å². The van der Waals surface area contributed by atoms with Crippen LogP contribution in [-0.2, 0) is 6.54 Å². The van der Waals surface area contributed by atoms with Crippen LogP contribution in [-0.4, -0.2) is 17.1 Å². The molecular weight excluding hydrogens is 336 g/mol. The number of phenolic OH excluding ortho intramolecular Hbond substituents is 1. The van der Waals surface area contributed by atoms with Gasteiger partial charge in [-0.2, -0.15) is 0 Å². The maximum atomic E-state index is 13.0. The molecular formula is C11H15FIN3O. The lowest BCUT2D eigenvalue weighted by molar-refractivity contribution is 0.432. The van der Waals surface area contributed by atoms with Crippen molar-refractivity contribution in [3.8, 4) is 5.75 Å². The number of phenols is 1. The molecule has 4 N–H and O–H groups in total. The van der Waals surface area contributed by atoms with Crippen LogP contribution in [0.1, 0.15) is 18.4 Å². The van der Waals surface area contributed by atoms with E-state index in [1.54, 1.807) is 6.07 Å². The summed E-state index contributed by atoms with van der Waals surface area (Å²) in [5.41, 5.74) is 6.30. The van der Waals surface area contributed by atoms with E-state index in [4.69, 9.17) is 10.8 Å². The van der Waals surface area contributed by atoms with Crippen molar-refractivity contribution in [3.05, 3.63) is 29.6 Å². The zero-order chi connectivity index (χ0) is 11.5. The van der Waals surface area contributed by atoms with E-state index >= 15 is 0 Å². The molecule has 0 saturated heterocycles. The lowest BCUT2D eigenvalue weighted by atomic mass is 10.2. The van der Waals surface area contributed by atoms with E-state index in [1.165, 1.54) is 12.1 Å². The Balaban J connectivity index is 0.00000144. The van der Waals surface area contributed by atoms with Crippen LogP contribution < -0.4 is 11.1 Å². The van der Waals surface area contributed by atoms with Crippen molar-refractivity contribution in [2.75, 3.05) is 0 Å². The van der Waals surface area contributed by atoms with E-state index in [-0.39, 0.29) is 29.7 Å². The molecule has 0 aromatic heterocycles. The Labute approximate surface area is 116 Å². The lowest BCUT2D eigenvalue weighted by Crippen LogP contribution is -2.33. The van der Waals surface area contributed by atoms with Gasteiger partial charge in [0.15, 0.2) is 17.5 Å². The molecule has 1 saturated carbocycles. The fraction of sp³-hybridized carbons (Fsp3) is 0.364. The Morgan fingerprint density at radius 3 is 2.82 bits per heavy atom. The normalized spacial score (nSPS) is 15.2. The second-order valence-corrected chi connectivity index (χ2v) is 3.91.